The zero-order valence-electron chi connectivity index (χ0n) is 25.5. The minimum atomic E-state index is -4.64. The lowest BCUT2D eigenvalue weighted by molar-refractivity contribution is -0.141. The second-order valence-electron chi connectivity index (χ2n) is 11.0. The Morgan fingerprint density at radius 3 is 2.18 bits per heavy atom. The van der Waals surface area contributed by atoms with Crippen molar-refractivity contribution in [1.82, 2.24) is 10.2 Å². The third-order valence-corrected chi connectivity index (χ3v) is 8.55. The van der Waals surface area contributed by atoms with Gasteiger partial charge in [0.15, 0.2) is 0 Å². The van der Waals surface area contributed by atoms with Crippen LogP contribution in [0, 0.1) is 6.92 Å². The van der Waals surface area contributed by atoms with Crippen LogP contribution in [0.15, 0.2) is 78.9 Å². The number of anilines is 1. The molecule has 0 unspecified atom stereocenters. The lowest BCUT2D eigenvalue weighted by Gasteiger charge is -2.33. The Morgan fingerprint density at radius 2 is 1.59 bits per heavy atom. The molecule has 0 aliphatic heterocycles. The fraction of sp³-hybridized carbons (Fsp3) is 0.394. The number of aryl methyl sites for hydroxylation is 1. The van der Waals surface area contributed by atoms with Crippen molar-refractivity contribution in [2.75, 3.05) is 17.1 Å². The first-order valence-electron chi connectivity index (χ1n) is 14.5. The molecule has 2 amide bonds. The SMILES string of the molecule is CC[C@H](C)NC(=O)[C@H](Cc1ccccc1)N(Cc1ccc(C)cc1)C(=O)CCCN(c1cccc(C(F)(F)F)c1)S(C)(=O)=O. The van der Waals surface area contributed by atoms with Gasteiger partial charge in [-0.15, -0.1) is 0 Å². The van der Waals surface area contributed by atoms with Gasteiger partial charge in [0.1, 0.15) is 6.04 Å². The summed E-state index contributed by atoms with van der Waals surface area (Å²) in [5.41, 5.74) is 1.62. The number of rotatable bonds is 14. The Labute approximate surface area is 258 Å². The number of nitrogens with one attached hydrogen (secondary N) is 1. The normalized spacial score (nSPS) is 13.2. The summed E-state index contributed by atoms with van der Waals surface area (Å²) in [4.78, 5) is 29.0. The molecule has 0 saturated carbocycles. The van der Waals surface area contributed by atoms with Crippen LogP contribution in [0.5, 0.6) is 0 Å². The van der Waals surface area contributed by atoms with Gasteiger partial charge in [0.2, 0.25) is 21.8 Å². The molecular formula is C33H40F3N3O4S. The lowest BCUT2D eigenvalue weighted by atomic mass is 10.0. The van der Waals surface area contributed by atoms with Gasteiger partial charge in [0, 0.05) is 32.0 Å². The first-order valence-corrected chi connectivity index (χ1v) is 16.4. The van der Waals surface area contributed by atoms with Crippen LogP contribution in [0.2, 0.25) is 0 Å². The number of halogens is 3. The highest BCUT2D eigenvalue weighted by molar-refractivity contribution is 7.92. The van der Waals surface area contributed by atoms with Crippen molar-refractivity contribution >= 4 is 27.5 Å². The number of sulfonamides is 1. The maximum absolute atomic E-state index is 13.9. The Kier molecular flexibility index (Phi) is 12.0. The molecule has 0 bridgehead atoms. The summed E-state index contributed by atoms with van der Waals surface area (Å²) in [7, 11) is -3.96. The van der Waals surface area contributed by atoms with Crippen LogP contribution in [0.3, 0.4) is 0 Å². The van der Waals surface area contributed by atoms with Crippen molar-refractivity contribution in [3.8, 4) is 0 Å². The van der Waals surface area contributed by atoms with Gasteiger partial charge in [-0.25, -0.2) is 8.42 Å². The number of carbonyl (C=O) groups is 2. The molecular weight excluding hydrogens is 591 g/mol. The topological polar surface area (TPSA) is 86.8 Å². The number of benzene rings is 3. The fourth-order valence-corrected chi connectivity index (χ4v) is 5.68. The van der Waals surface area contributed by atoms with Crippen LogP contribution < -0.4 is 9.62 Å². The van der Waals surface area contributed by atoms with Gasteiger partial charge < -0.3 is 10.2 Å². The molecule has 0 aliphatic carbocycles. The lowest BCUT2D eigenvalue weighted by Crippen LogP contribution is -2.52. The maximum atomic E-state index is 13.9. The largest absolute Gasteiger partial charge is 0.416 e. The number of alkyl halides is 3. The predicted octanol–water partition coefficient (Wildman–Crippen LogP) is 6.11. The van der Waals surface area contributed by atoms with Gasteiger partial charge in [-0.1, -0.05) is 73.2 Å². The number of hydrogen-bond acceptors (Lipinski definition) is 4. The second-order valence-corrected chi connectivity index (χ2v) is 12.9. The number of carbonyl (C=O) groups excluding carboxylic acids is 2. The van der Waals surface area contributed by atoms with E-state index in [1.807, 2.05) is 75.4 Å². The molecule has 11 heteroatoms. The van der Waals surface area contributed by atoms with E-state index in [0.29, 0.717) is 6.42 Å². The number of amides is 2. The highest BCUT2D eigenvalue weighted by Gasteiger charge is 2.33. The van der Waals surface area contributed by atoms with E-state index in [0.717, 1.165) is 45.5 Å². The molecule has 0 heterocycles. The molecule has 44 heavy (non-hydrogen) atoms. The molecule has 3 aromatic rings. The van der Waals surface area contributed by atoms with Crippen LogP contribution in [-0.4, -0.2) is 50.0 Å². The van der Waals surface area contributed by atoms with Crippen molar-refractivity contribution in [2.45, 2.75) is 71.3 Å². The van der Waals surface area contributed by atoms with Gasteiger partial charge in [0.25, 0.3) is 0 Å². The Bertz CT molecular complexity index is 1500. The minimum absolute atomic E-state index is 0.0254. The molecule has 238 valence electrons. The average molecular weight is 632 g/mol. The molecule has 0 aliphatic rings. The van der Waals surface area contributed by atoms with Crippen LogP contribution in [0.4, 0.5) is 18.9 Å². The third kappa shape index (κ3) is 10.1. The van der Waals surface area contributed by atoms with Crippen molar-refractivity contribution in [2.24, 2.45) is 0 Å². The van der Waals surface area contributed by atoms with E-state index in [-0.39, 0.29) is 55.9 Å². The van der Waals surface area contributed by atoms with E-state index in [9.17, 15) is 31.2 Å². The zero-order valence-corrected chi connectivity index (χ0v) is 26.3. The number of nitrogens with zero attached hydrogens (tertiary/aromatic N) is 2. The van der Waals surface area contributed by atoms with Crippen LogP contribution in [-0.2, 0) is 38.8 Å². The van der Waals surface area contributed by atoms with E-state index in [1.54, 1.807) is 0 Å². The van der Waals surface area contributed by atoms with E-state index in [4.69, 9.17) is 0 Å². The predicted molar refractivity (Wildman–Crippen MR) is 166 cm³/mol. The standard InChI is InChI=1S/C33H40F3N3O4S/c1-5-25(3)37-32(41)30(21-26-11-7-6-8-12-26)38(23-27-18-16-24(2)17-19-27)31(40)15-10-20-39(44(4,42)43)29-14-9-13-28(22-29)33(34,35)36/h6-9,11-14,16-19,22,25,30H,5,10,15,20-21,23H2,1-4H3,(H,37,41)/t25-,30-/m0/s1. The van der Waals surface area contributed by atoms with E-state index in [1.165, 1.54) is 11.0 Å². The second kappa shape index (κ2) is 15.2. The van der Waals surface area contributed by atoms with Gasteiger partial charge >= 0.3 is 6.18 Å². The molecule has 2 atom stereocenters. The monoisotopic (exact) mass is 631 g/mol. The van der Waals surface area contributed by atoms with Crippen LogP contribution >= 0.6 is 0 Å². The molecule has 0 saturated heterocycles. The number of hydrogen-bond donors (Lipinski definition) is 1. The average Bonchev–Trinajstić information content (AvgIpc) is 2.97. The molecule has 3 rings (SSSR count). The summed E-state index contributed by atoms with van der Waals surface area (Å²) in [6, 6.07) is 20.1. The third-order valence-electron chi connectivity index (χ3n) is 7.36. The molecule has 0 aromatic heterocycles. The summed E-state index contributed by atoms with van der Waals surface area (Å²) in [5, 5.41) is 3.00. The minimum Gasteiger partial charge on any atom is -0.352 e. The summed E-state index contributed by atoms with van der Waals surface area (Å²) in [5.74, 6) is -0.673. The first kappa shape index (κ1) is 34.6. The first-order chi connectivity index (χ1) is 20.7. The van der Waals surface area contributed by atoms with E-state index >= 15 is 0 Å². The summed E-state index contributed by atoms with van der Waals surface area (Å²) >= 11 is 0. The van der Waals surface area contributed by atoms with Gasteiger partial charge in [0.05, 0.1) is 17.5 Å². The molecule has 1 N–H and O–H groups in total. The Balaban J connectivity index is 1.90. The van der Waals surface area contributed by atoms with Crippen molar-refractivity contribution in [3.63, 3.8) is 0 Å². The quantitative estimate of drug-likeness (QED) is 0.233. The molecule has 0 fully saturated rings. The molecule has 7 nitrogen and oxygen atoms in total. The summed E-state index contributed by atoms with van der Waals surface area (Å²) in [6.45, 7) is 5.71. The van der Waals surface area contributed by atoms with Gasteiger partial charge in [-0.3, -0.25) is 13.9 Å². The molecule has 0 radical (unpaired) electrons. The summed E-state index contributed by atoms with van der Waals surface area (Å²) in [6.07, 6.45) is -2.87. The van der Waals surface area contributed by atoms with E-state index in [2.05, 4.69) is 5.32 Å². The van der Waals surface area contributed by atoms with E-state index < -0.39 is 27.8 Å². The van der Waals surface area contributed by atoms with Crippen LogP contribution in [0.25, 0.3) is 0 Å². The molecule has 3 aromatic carbocycles. The highest BCUT2D eigenvalue weighted by atomic mass is 32.2. The van der Waals surface area contributed by atoms with Gasteiger partial charge in [-0.2, -0.15) is 13.2 Å². The van der Waals surface area contributed by atoms with Gasteiger partial charge in [-0.05, 0) is 56.0 Å². The highest BCUT2D eigenvalue weighted by Crippen LogP contribution is 2.32. The molecule has 0 spiro atoms. The zero-order chi connectivity index (χ0) is 32.5. The summed E-state index contributed by atoms with van der Waals surface area (Å²) < 4.78 is 66.0. The smallest absolute Gasteiger partial charge is 0.352 e. The van der Waals surface area contributed by atoms with Crippen molar-refractivity contribution in [3.05, 3.63) is 101 Å². The van der Waals surface area contributed by atoms with Crippen molar-refractivity contribution < 1.29 is 31.2 Å². The van der Waals surface area contributed by atoms with Crippen molar-refractivity contribution in [1.29, 1.82) is 0 Å². The van der Waals surface area contributed by atoms with Crippen LogP contribution in [0.1, 0.15) is 55.4 Å². The fourth-order valence-electron chi connectivity index (χ4n) is 4.73. The maximum Gasteiger partial charge on any atom is 0.416 e. The Hall–Kier alpha value is -3.86. The Morgan fingerprint density at radius 1 is 0.932 bits per heavy atom.